The molecule has 10 heteroatoms. The maximum Gasteiger partial charge on any atom is 0.407 e. The lowest BCUT2D eigenvalue weighted by atomic mass is 9.50. The van der Waals surface area contributed by atoms with E-state index in [9.17, 15) is 14.4 Å². The van der Waals surface area contributed by atoms with Crippen LogP contribution >= 0.6 is 0 Å². The first-order valence-corrected chi connectivity index (χ1v) is 16.3. The SMILES string of the molecule is CC(C)(C)OC(=O)C(Cc1cc2cc(CCC(=O)NC3=NCCCN3)ccc2o1)NC(=O)OCC12CC3CC(CC(C3)C1)C2. The molecule has 7 rings (SSSR count). The molecule has 2 heterocycles. The lowest BCUT2D eigenvalue weighted by Gasteiger charge is -2.56. The molecule has 44 heavy (non-hydrogen) atoms. The predicted molar refractivity (Wildman–Crippen MR) is 166 cm³/mol. The second kappa shape index (κ2) is 12.4. The van der Waals surface area contributed by atoms with Crippen LogP contribution in [0.4, 0.5) is 4.79 Å². The zero-order chi connectivity index (χ0) is 30.9. The number of furan rings is 1. The van der Waals surface area contributed by atoms with Gasteiger partial charge in [-0.25, -0.2) is 9.59 Å². The first-order valence-electron chi connectivity index (χ1n) is 16.3. The molecule has 0 saturated heterocycles. The number of hydrogen-bond acceptors (Lipinski definition) is 8. The van der Waals surface area contributed by atoms with E-state index in [-0.39, 0.29) is 17.7 Å². The number of fused-ring (bicyclic) bond motifs is 1. The average Bonchev–Trinajstić information content (AvgIpc) is 3.35. The van der Waals surface area contributed by atoms with Crippen LogP contribution in [0, 0.1) is 23.2 Å². The summed E-state index contributed by atoms with van der Waals surface area (Å²) in [7, 11) is 0. The topological polar surface area (TPSA) is 131 Å². The Balaban J connectivity index is 1.07. The fraction of sp³-hybridized carbons (Fsp3) is 0.647. The largest absolute Gasteiger partial charge is 0.461 e. The van der Waals surface area contributed by atoms with Crippen LogP contribution in [0.1, 0.15) is 83.5 Å². The number of guanidine groups is 1. The first-order chi connectivity index (χ1) is 21.0. The summed E-state index contributed by atoms with van der Waals surface area (Å²) in [4.78, 5) is 42.9. The Morgan fingerprint density at radius 2 is 1.82 bits per heavy atom. The minimum atomic E-state index is -0.960. The Kier molecular flexibility index (Phi) is 8.61. The molecular formula is C34H46N4O6. The number of alkyl carbamates (subject to hydrolysis) is 1. The number of aryl methyl sites for hydroxylation is 1. The molecule has 4 aliphatic carbocycles. The second-order valence-corrected chi connectivity index (χ2v) is 14.6. The summed E-state index contributed by atoms with van der Waals surface area (Å²) >= 11 is 0. The van der Waals surface area contributed by atoms with Crippen LogP contribution in [0.5, 0.6) is 0 Å². The van der Waals surface area contributed by atoms with E-state index < -0.39 is 23.7 Å². The zero-order valence-corrected chi connectivity index (χ0v) is 26.2. The minimum Gasteiger partial charge on any atom is -0.461 e. The summed E-state index contributed by atoms with van der Waals surface area (Å²) in [6.07, 6.45) is 8.79. The van der Waals surface area contributed by atoms with Gasteiger partial charge in [0.05, 0.1) is 6.61 Å². The normalized spacial score (nSPS) is 26.4. The highest BCUT2D eigenvalue weighted by molar-refractivity contribution is 5.97. The average molecular weight is 607 g/mol. The molecule has 1 aromatic carbocycles. The number of nitrogens with one attached hydrogen (secondary N) is 3. The summed E-state index contributed by atoms with van der Waals surface area (Å²) in [5.74, 6) is 2.77. The molecule has 0 spiro atoms. The van der Waals surface area contributed by atoms with Gasteiger partial charge in [-0.15, -0.1) is 0 Å². The van der Waals surface area contributed by atoms with E-state index in [1.807, 2.05) is 24.3 Å². The molecule has 1 aromatic heterocycles. The van der Waals surface area contributed by atoms with Crippen LogP contribution in [0.25, 0.3) is 11.0 Å². The number of carbonyl (C=O) groups is 3. The molecule has 10 nitrogen and oxygen atoms in total. The van der Waals surface area contributed by atoms with E-state index >= 15 is 0 Å². The van der Waals surface area contributed by atoms with E-state index in [1.54, 1.807) is 20.8 Å². The van der Waals surface area contributed by atoms with Gasteiger partial charge in [0.15, 0.2) is 5.96 Å². The van der Waals surface area contributed by atoms with Gasteiger partial charge in [-0.3, -0.25) is 15.1 Å². The lowest BCUT2D eigenvalue weighted by Crippen LogP contribution is -2.50. The monoisotopic (exact) mass is 606 g/mol. The minimum absolute atomic E-state index is 0.0888. The number of ether oxygens (including phenoxy) is 2. The molecule has 238 valence electrons. The van der Waals surface area contributed by atoms with E-state index in [2.05, 4.69) is 20.9 Å². The maximum absolute atomic E-state index is 13.2. The second-order valence-electron chi connectivity index (χ2n) is 14.6. The van der Waals surface area contributed by atoms with Crippen LogP contribution in [-0.4, -0.2) is 55.3 Å². The number of hydrogen-bond donors (Lipinski definition) is 3. The van der Waals surface area contributed by atoms with Gasteiger partial charge in [-0.1, -0.05) is 6.07 Å². The summed E-state index contributed by atoms with van der Waals surface area (Å²) in [6.45, 7) is 7.33. The number of rotatable bonds is 9. The van der Waals surface area contributed by atoms with Crippen molar-refractivity contribution in [3.8, 4) is 0 Å². The molecule has 2 amide bonds. The van der Waals surface area contributed by atoms with E-state index in [1.165, 1.54) is 19.3 Å². The van der Waals surface area contributed by atoms with E-state index in [4.69, 9.17) is 13.9 Å². The molecule has 3 N–H and O–H groups in total. The molecule has 0 radical (unpaired) electrons. The van der Waals surface area contributed by atoms with Gasteiger partial charge >= 0.3 is 12.1 Å². The highest BCUT2D eigenvalue weighted by Crippen LogP contribution is 2.60. The Bertz CT molecular complexity index is 1390. The third-order valence-electron chi connectivity index (χ3n) is 9.49. The molecule has 1 unspecified atom stereocenters. The van der Waals surface area contributed by atoms with Crippen molar-refractivity contribution >= 4 is 34.9 Å². The zero-order valence-electron chi connectivity index (χ0n) is 26.2. The van der Waals surface area contributed by atoms with E-state index in [0.717, 1.165) is 67.5 Å². The third-order valence-corrected chi connectivity index (χ3v) is 9.49. The summed E-state index contributed by atoms with van der Waals surface area (Å²) < 4.78 is 17.5. The van der Waals surface area contributed by atoms with Crippen molar-refractivity contribution in [2.45, 2.75) is 96.6 Å². The van der Waals surface area contributed by atoms with Crippen molar-refractivity contribution in [3.63, 3.8) is 0 Å². The number of benzene rings is 1. The first kappa shape index (κ1) is 30.5. The molecule has 2 aromatic rings. The predicted octanol–water partition coefficient (Wildman–Crippen LogP) is 5.03. The Hall–Kier alpha value is -3.56. The van der Waals surface area contributed by atoms with Crippen molar-refractivity contribution in [1.29, 1.82) is 0 Å². The standard InChI is InChI=1S/C34H46N4O6/c1-33(2,3)44-30(40)27(37-32(41)42-20-34-17-22-11-23(18-34)13-24(12-22)19-34)16-26-15-25-14-21(5-7-28(25)43-26)6-8-29(39)38-31-35-9-4-10-36-31/h5,7,14-15,22-24,27H,4,6,8-13,16-20H2,1-3H3,(H,37,41)(H2,35,36,38,39). The van der Waals surface area contributed by atoms with Gasteiger partial charge in [0.2, 0.25) is 5.91 Å². The molecule has 1 atom stereocenters. The van der Waals surface area contributed by atoms with Crippen LogP contribution in [0.15, 0.2) is 33.7 Å². The number of nitrogens with zero attached hydrogens (tertiary/aromatic N) is 1. The lowest BCUT2D eigenvalue weighted by molar-refractivity contribution is -0.157. The Labute approximate surface area is 259 Å². The molecule has 4 saturated carbocycles. The Morgan fingerprint density at radius 1 is 1.09 bits per heavy atom. The van der Waals surface area contributed by atoms with Crippen LogP contribution in [-0.2, 0) is 31.9 Å². The van der Waals surface area contributed by atoms with Crippen LogP contribution in [0.2, 0.25) is 0 Å². The number of carbonyl (C=O) groups excluding carboxylic acids is 3. The van der Waals surface area contributed by atoms with Crippen molar-refractivity contribution in [2.75, 3.05) is 19.7 Å². The van der Waals surface area contributed by atoms with Crippen LogP contribution in [0.3, 0.4) is 0 Å². The van der Waals surface area contributed by atoms with Crippen LogP contribution < -0.4 is 16.0 Å². The third kappa shape index (κ3) is 7.56. The fourth-order valence-electron chi connectivity index (χ4n) is 8.11. The quantitative estimate of drug-likeness (QED) is 0.342. The Morgan fingerprint density at radius 3 is 2.48 bits per heavy atom. The summed E-state index contributed by atoms with van der Waals surface area (Å²) in [6, 6.07) is 6.71. The summed E-state index contributed by atoms with van der Waals surface area (Å²) in [5, 5.41) is 9.57. The highest BCUT2D eigenvalue weighted by atomic mass is 16.6. The molecule has 1 aliphatic heterocycles. The van der Waals surface area contributed by atoms with Crippen molar-refractivity contribution in [1.82, 2.24) is 16.0 Å². The van der Waals surface area contributed by atoms with Gasteiger partial charge in [-0.2, -0.15) is 0 Å². The number of esters is 1. The number of aliphatic imine (C=N–C) groups is 1. The molecular weight excluding hydrogens is 560 g/mol. The van der Waals surface area contributed by atoms with Gasteiger partial charge in [-0.05, 0) is 114 Å². The molecule has 4 bridgehead atoms. The van der Waals surface area contributed by atoms with Gasteiger partial charge in [0.1, 0.15) is 23.0 Å². The smallest absolute Gasteiger partial charge is 0.407 e. The van der Waals surface area contributed by atoms with Crippen molar-refractivity contribution in [2.24, 2.45) is 28.2 Å². The highest BCUT2D eigenvalue weighted by Gasteiger charge is 2.51. The van der Waals surface area contributed by atoms with Gasteiger partial charge in [0, 0.05) is 36.7 Å². The van der Waals surface area contributed by atoms with Crippen molar-refractivity contribution < 1.29 is 28.3 Å². The molecule has 4 fully saturated rings. The fourth-order valence-corrected chi connectivity index (χ4v) is 8.11. The van der Waals surface area contributed by atoms with E-state index in [0.29, 0.717) is 36.8 Å². The van der Waals surface area contributed by atoms with Gasteiger partial charge < -0.3 is 24.5 Å². The maximum atomic E-state index is 13.2. The summed E-state index contributed by atoms with van der Waals surface area (Å²) in [5.41, 5.74) is 1.04. The number of amides is 2. The molecule has 5 aliphatic rings. The van der Waals surface area contributed by atoms with Gasteiger partial charge in [0.25, 0.3) is 0 Å². The van der Waals surface area contributed by atoms with Crippen molar-refractivity contribution in [3.05, 3.63) is 35.6 Å².